The molecule has 2 rings (SSSR count). The van der Waals surface area contributed by atoms with Crippen molar-refractivity contribution in [3.8, 4) is 0 Å². The number of sulfonamides is 1. The third kappa shape index (κ3) is 7.42. The highest BCUT2D eigenvalue weighted by Crippen LogP contribution is 2.29. The molecule has 8 heteroatoms. The van der Waals surface area contributed by atoms with Crippen LogP contribution in [0.25, 0.3) is 0 Å². The van der Waals surface area contributed by atoms with Crippen LogP contribution in [-0.4, -0.2) is 37.3 Å². The third-order valence-electron chi connectivity index (χ3n) is 4.92. The van der Waals surface area contributed by atoms with E-state index in [4.69, 9.17) is 23.2 Å². The molecular weight excluding hydrogens is 431 g/mol. The molecule has 5 nitrogen and oxygen atoms in total. The highest BCUT2D eigenvalue weighted by molar-refractivity contribution is 7.88. The number of nitrogens with zero attached hydrogens (tertiary/aromatic N) is 1. The summed E-state index contributed by atoms with van der Waals surface area (Å²) in [6.07, 6.45) is 2.19. The Bertz CT molecular complexity index is 848. The normalized spacial score (nSPS) is 19.2. The van der Waals surface area contributed by atoms with Gasteiger partial charge in [-0.2, -0.15) is 0 Å². The third-order valence-corrected chi connectivity index (χ3v) is 7.47. The summed E-state index contributed by atoms with van der Waals surface area (Å²) in [6.45, 7) is 11.1. The van der Waals surface area contributed by atoms with Crippen LogP contribution in [0.3, 0.4) is 0 Å². The second-order valence-electron chi connectivity index (χ2n) is 9.81. The molecule has 1 N–H and O–H groups in total. The van der Waals surface area contributed by atoms with Crippen molar-refractivity contribution in [3.63, 3.8) is 0 Å². The van der Waals surface area contributed by atoms with Crippen molar-refractivity contribution in [3.05, 3.63) is 33.8 Å². The average Bonchev–Trinajstić information content (AvgIpc) is 2.55. The van der Waals surface area contributed by atoms with Gasteiger partial charge in [0.2, 0.25) is 15.9 Å². The molecule has 164 valence electrons. The molecule has 0 aliphatic carbocycles. The van der Waals surface area contributed by atoms with Gasteiger partial charge in [-0.15, -0.1) is 0 Å². The number of halogens is 2. The van der Waals surface area contributed by atoms with Crippen LogP contribution in [-0.2, 0) is 20.6 Å². The molecule has 1 aromatic rings. The minimum atomic E-state index is -3.55. The predicted octanol–water partition coefficient (Wildman–Crippen LogP) is 4.87. The summed E-state index contributed by atoms with van der Waals surface area (Å²) in [5, 5.41) is 3.84. The summed E-state index contributed by atoms with van der Waals surface area (Å²) in [7, 11) is -3.55. The SMILES string of the molecule is CC(C)(C)CC(C)(C)NC(=O)[C@H]1CCCN(S(=O)(=O)Cc2ccc(Cl)c(Cl)c2)C1. The fourth-order valence-corrected chi connectivity index (χ4v) is 6.06. The average molecular weight is 463 g/mol. The van der Waals surface area contributed by atoms with Crippen molar-refractivity contribution >= 4 is 39.1 Å². The van der Waals surface area contributed by atoms with E-state index in [1.807, 2.05) is 13.8 Å². The van der Waals surface area contributed by atoms with Gasteiger partial charge in [0, 0.05) is 18.6 Å². The maximum absolute atomic E-state index is 12.9. The van der Waals surface area contributed by atoms with E-state index in [0.29, 0.717) is 35.0 Å². The van der Waals surface area contributed by atoms with E-state index < -0.39 is 10.0 Å². The first-order valence-corrected chi connectivity index (χ1v) is 12.3. The Morgan fingerprint density at radius 1 is 1.17 bits per heavy atom. The van der Waals surface area contributed by atoms with Crippen molar-refractivity contribution in [1.82, 2.24) is 9.62 Å². The highest BCUT2D eigenvalue weighted by Gasteiger charge is 2.35. The lowest BCUT2D eigenvalue weighted by Gasteiger charge is -2.36. The predicted molar refractivity (Wildman–Crippen MR) is 120 cm³/mol. The van der Waals surface area contributed by atoms with Crippen LogP contribution >= 0.6 is 23.2 Å². The number of piperidine rings is 1. The smallest absolute Gasteiger partial charge is 0.224 e. The lowest BCUT2D eigenvalue weighted by atomic mass is 9.81. The van der Waals surface area contributed by atoms with Crippen molar-refractivity contribution < 1.29 is 13.2 Å². The largest absolute Gasteiger partial charge is 0.351 e. The highest BCUT2D eigenvalue weighted by atomic mass is 35.5. The Balaban J connectivity index is 2.05. The second-order valence-corrected chi connectivity index (χ2v) is 12.6. The van der Waals surface area contributed by atoms with Gasteiger partial charge in [-0.1, -0.05) is 50.0 Å². The second kappa shape index (κ2) is 9.13. The summed E-state index contributed by atoms with van der Waals surface area (Å²) in [6, 6.07) is 4.83. The van der Waals surface area contributed by atoms with Crippen molar-refractivity contribution in [2.24, 2.45) is 11.3 Å². The summed E-state index contributed by atoms with van der Waals surface area (Å²) < 4.78 is 27.3. The Kier molecular flexibility index (Phi) is 7.69. The quantitative estimate of drug-likeness (QED) is 0.655. The molecule has 0 saturated carbocycles. The number of carbonyl (C=O) groups is 1. The minimum Gasteiger partial charge on any atom is -0.351 e. The van der Waals surface area contributed by atoms with Crippen molar-refractivity contribution in [2.75, 3.05) is 13.1 Å². The molecule has 1 aromatic carbocycles. The molecule has 29 heavy (non-hydrogen) atoms. The number of carbonyl (C=O) groups excluding carboxylic acids is 1. The number of benzene rings is 1. The standard InChI is InChI=1S/C21H32Cl2N2O3S/c1-20(2,3)14-21(4,5)24-19(26)16-7-6-10-25(12-16)29(27,28)13-15-8-9-17(22)18(23)11-15/h8-9,11,16H,6-7,10,12-14H2,1-5H3,(H,24,26)/t16-/m0/s1. The first-order chi connectivity index (χ1) is 13.2. The number of rotatable bonds is 6. The Hall–Kier alpha value is -0.820. The van der Waals surface area contributed by atoms with E-state index in [1.165, 1.54) is 4.31 Å². The maximum Gasteiger partial charge on any atom is 0.224 e. The van der Waals surface area contributed by atoms with Crippen LogP contribution in [0.5, 0.6) is 0 Å². The van der Waals surface area contributed by atoms with Gasteiger partial charge in [0.25, 0.3) is 0 Å². The summed E-state index contributed by atoms with van der Waals surface area (Å²) in [5.41, 5.74) is 0.312. The van der Waals surface area contributed by atoms with E-state index in [9.17, 15) is 13.2 Å². The summed E-state index contributed by atoms with van der Waals surface area (Å²) >= 11 is 11.9. The minimum absolute atomic E-state index is 0.0753. The topological polar surface area (TPSA) is 66.5 Å². The van der Waals surface area contributed by atoms with Gasteiger partial charge >= 0.3 is 0 Å². The Morgan fingerprint density at radius 2 is 1.83 bits per heavy atom. The fraction of sp³-hybridized carbons (Fsp3) is 0.667. The number of hydrogen-bond donors (Lipinski definition) is 1. The van der Waals surface area contributed by atoms with Crippen molar-refractivity contribution in [1.29, 1.82) is 0 Å². The summed E-state index contributed by atoms with van der Waals surface area (Å²) in [5.74, 6) is -0.575. The van der Waals surface area contributed by atoms with Crippen molar-refractivity contribution in [2.45, 2.75) is 65.2 Å². The molecular formula is C21H32Cl2N2O3S. The van der Waals surface area contributed by atoms with E-state index in [1.54, 1.807) is 18.2 Å². The monoisotopic (exact) mass is 462 g/mol. The van der Waals surface area contributed by atoms with E-state index in [2.05, 4.69) is 26.1 Å². The van der Waals surface area contributed by atoms with Gasteiger partial charge in [-0.3, -0.25) is 4.79 Å². The van der Waals surface area contributed by atoms with Crippen LogP contribution in [0.1, 0.15) is 59.4 Å². The molecule has 0 aromatic heterocycles. The number of amides is 1. The van der Waals surface area contributed by atoms with Gasteiger partial charge in [-0.05, 0) is 56.2 Å². The molecule has 1 heterocycles. The van der Waals surface area contributed by atoms with Gasteiger partial charge in [0.05, 0.1) is 21.7 Å². The Labute approximate surface area is 185 Å². The molecule has 0 bridgehead atoms. The molecule has 1 aliphatic heterocycles. The van der Waals surface area contributed by atoms with Gasteiger partial charge in [0.1, 0.15) is 0 Å². The van der Waals surface area contributed by atoms with Crippen LogP contribution in [0.4, 0.5) is 0 Å². The van der Waals surface area contributed by atoms with E-state index in [0.717, 1.165) is 6.42 Å². The number of nitrogens with one attached hydrogen (secondary N) is 1. The lowest BCUT2D eigenvalue weighted by molar-refractivity contribution is -0.128. The van der Waals surface area contributed by atoms with Crippen LogP contribution in [0, 0.1) is 11.3 Å². The summed E-state index contributed by atoms with van der Waals surface area (Å²) in [4.78, 5) is 12.8. The van der Waals surface area contributed by atoms with Gasteiger partial charge in [0.15, 0.2) is 0 Å². The lowest BCUT2D eigenvalue weighted by Crippen LogP contribution is -2.52. The molecule has 1 fully saturated rings. The molecule has 0 radical (unpaired) electrons. The zero-order valence-electron chi connectivity index (χ0n) is 17.9. The van der Waals surface area contributed by atoms with Gasteiger partial charge < -0.3 is 5.32 Å². The van der Waals surface area contributed by atoms with E-state index in [-0.39, 0.29) is 35.1 Å². The molecule has 1 aliphatic rings. The van der Waals surface area contributed by atoms with E-state index >= 15 is 0 Å². The Morgan fingerprint density at radius 3 is 2.41 bits per heavy atom. The number of hydrogen-bond acceptors (Lipinski definition) is 3. The molecule has 1 saturated heterocycles. The van der Waals surface area contributed by atoms with Crippen LogP contribution in [0.2, 0.25) is 10.0 Å². The fourth-order valence-electron chi connectivity index (χ4n) is 4.15. The molecule has 1 amide bonds. The molecule has 0 spiro atoms. The molecule has 0 unspecified atom stereocenters. The molecule has 1 atom stereocenters. The zero-order valence-corrected chi connectivity index (χ0v) is 20.2. The maximum atomic E-state index is 12.9. The zero-order chi connectivity index (χ0) is 22.0. The van der Waals surface area contributed by atoms with Gasteiger partial charge in [-0.25, -0.2) is 12.7 Å². The van der Waals surface area contributed by atoms with Crippen LogP contribution < -0.4 is 5.32 Å². The first kappa shape index (κ1) is 24.4. The first-order valence-electron chi connectivity index (χ1n) is 9.92. The van der Waals surface area contributed by atoms with Crippen LogP contribution in [0.15, 0.2) is 18.2 Å².